The molecule has 0 aromatic carbocycles. The predicted molar refractivity (Wildman–Crippen MR) is 62.7 cm³/mol. The van der Waals surface area contributed by atoms with E-state index < -0.39 is 0 Å². The Balaban J connectivity index is 2.68. The van der Waals surface area contributed by atoms with Crippen molar-refractivity contribution >= 4 is 11.8 Å². The van der Waals surface area contributed by atoms with Crippen LogP contribution in [0.2, 0.25) is 0 Å². The fraction of sp³-hybridized carbons (Fsp3) is 0.600. The van der Waals surface area contributed by atoms with Crippen molar-refractivity contribution in [1.82, 2.24) is 9.97 Å². The fourth-order valence-corrected chi connectivity index (χ4v) is 1.19. The summed E-state index contributed by atoms with van der Waals surface area (Å²) in [6.07, 6.45) is 1.67. The molecule has 90 valence electrons. The van der Waals surface area contributed by atoms with Crippen molar-refractivity contribution in [2.24, 2.45) is 0 Å². The Labute approximate surface area is 95.3 Å². The molecule has 6 heteroatoms. The van der Waals surface area contributed by atoms with Gasteiger partial charge in [-0.3, -0.25) is 0 Å². The second-order valence-corrected chi connectivity index (χ2v) is 3.62. The first-order chi connectivity index (χ1) is 7.67. The van der Waals surface area contributed by atoms with Gasteiger partial charge >= 0.3 is 0 Å². The Kier molecular flexibility index (Phi) is 4.94. The Morgan fingerprint density at radius 1 is 1.56 bits per heavy atom. The molecule has 1 atom stereocenters. The van der Waals surface area contributed by atoms with Gasteiger partial charge in [-0.25, -0.2) is 4.98 Å². The molecule has 0 amide bonds. The van der Waals surface area contributed by atoms with Crippen LogP contribution in [0, 0.1) is 0 Å². The number of anilines is 2. The summed E-state index contributed by atoms with van der Waals surface area (Å²) in [4.78, 5) is 10.2. The van der Waals surface area contributed by atoms with E-state index in [0.29, 0.717) is 18.4 Å². The van der Waals surface area contributed by atoms with Gasteiger partial charge in [0.25, 0.3) is 0 Å². The summed E-state index contributed by atoms with van der Waals surface area (Å²) in [7, 11) is 5.34. The number of nitrogens with zero attached hydrogens (tertiary/aromatic N) is 3. The summed E-state index contributed by atoms with van der Waals surface area (Å²) in [6, 6.07) is 1.60. The van der Waals surface area contributed by atoms with Crippen molar-refractivity contribution in [1.29, 1.82) is 0 Å². The highest BCUT2D eigenvalue weighted by atomic mass is 16.5. The number of aliphatic hydroxyl groups excluding tert-OH is 1. The van der Waals surface area contributed by atoms with E-state index in [9.17, 15) is 0 Å². The quantitative estimate of drug-likeness (QED) is 0.709. The van der Waals surface area contributed by atoms with Crippen LogP contribution in [-0.4, -0.2) is 55.5 Å². The van der Waals surface area contributed by atoms with Crippen LogP contribution in [0.25, 0.3) is 0 Å². The van der Waals surface area contributed by atoms with E-state index in [2.05, 4.69) is 15.3 Å². The second kappa shape index (κ2) is 6.24. The van der Waals surface area contributed by atoms with Crippen LogP contribution in [0.4, 0.5) is 11.8 Å². The van der Waals surface area contributed by atoms with Gasteiger partial charge in [0, 0.05) is 27.4 Å². The third-order valence-electron chi connectivity index (χ3n) is 1.98. The van der Waals surface area contributed by atoms with Crippen LogP contribution >= 0.6 is 0 Å². The van der Waals surface area contributed by atoms with Gasteiger partial charge in [-0.05, 0) is 6.07 Å². The molecule has 16 heavy (non-hydrogen) atoms. The van der Waals surface area contributed by atoms with Gasteiger partial charge in [-0.2, -0.15) is 4.98 Å². The lowest BCUT2D eigenvalue weighted by Gasteiger charge is -2.17. The van der Waals surface area contributed by atoms with E-state index in [4.69, 9.17) is 9.84 Å². The van der Waals surface area contributed by atoms with E-state index in [1.54, 1.807) is 19.4 Å². The molecule has 0 saturated heterocycles. The number of aliphatic hydroxyl groups is 1. The molecule has 1 rings (SSSR count). The maximum atomic E-state index is 9.10. The monoisotopic (exact) mass is 226 g/mol. The molecule has 1 aromatic heterocycles. The first-order valence-electron chi connectivity index (χ1n) is 5.04. The number of aromatic nitrogens is 2. The Morgan fingerprint density at radius 2 is 2.31 bits per heavy atom. The number of hydrogen-bond acceptors (Lipinski definition) is 6. The van der Waals surface area contributed by atoms with Crippen LogP contribution in [0.1, 0.15) is 0 Å². The first kappa shape index (κ1) is 12.7. The van der Waals surface area contributed by atoms with Gasteiger partial charge in [0.05, 0.1) is 19.3 Å². The van der Waals surface area contributed by atoms with E-state index in [1.807, 2.05) is 19.0 Å². The van der Waals surface area contributed by atoms with Crippen LogP contribution in [0.3, 0.4) is 0 Å². The van der Waals surface area contributed by atoms with Gasteiger partial charge in [-0.1, -0.05) is 0 Å². The smallest absolute Gasteiger partial charge is 0.226 e. The summed E-state index contributed by atoms with van der Waals surface area (Å²) < 4.78 is 4.97. The molecule has 0 aliphatic heterocycles. The standard InChI is InChI=1S/C10H18N4O2/c1-14(2)10-11-5-4-9(13-10)12-8(6-15)7-16-3/h4-5,8,15H,6-7H2,1-3H3,(H,11,12,13). The van der Waals surface area contributed by atoms with E-state index in [0.717, 1.165) is 0 Å². The first-order valence-corrected chi connectivity index (χ1v) is 5.04. The lowest BCUT2D eigenvalue weighted by atomic mass is 10.3. The summed E-state index contributed by atoms with van der Waals surface area (Å²) in [5.41, 5.74) is 0. The van der Waals surface area contributed by atoms with Gasteiger partial charge < -0.3 is 20.1 Å². The van der Waals surface area contributed by atoms with Crippen molar-refractivity contribution in [3.8, 4) is 0 Å². The Morgan fingerprint density at radius 3 is 2.88 bits per heavy atom. The zero-order chi connectivity index (χ0) is 12.0. The molecule has 2 N–H and O–H groups in total. The molecule has 6 nitrogen and oxygen atoms in total. The topological polar surface area (TPSA) is 70.5 Å². The third kappa shape index (κ3) is 3.63. The predicted octanol–water partition coefficient (Wildman–Crippen LogP) is -0.0382. The van der Waals surface area contributed by atoms with Crippen molar-refractivity contribution in [3.05, 3.63) is 12.3 Å². The van der Waals surface area contributed by atoms with Crippen molar-refractivity contribution < 1.29 is 9.84 Å². The molecule has 0 fully saturated rings. The number of ether oxygens (including phenoxy) is 1. The van der Waals surface area contributed by atoms with Crippen molar-refractivity contribution in [2.45, 2.75) is 6.04 Å². The van der Waals surface area contributed by atoms with Crippen molar-refractivity contribution in [2.75, 3.05) is 44.6 Å². The van der Waals surface area contributed by atoms with Crippen LogP contribution in [0.5, 0.6) is 0 Å². The highest BCUT2D eigenvalue weighted by Gasteiger charge is 2.08. The average molecular weight is 226 g/mol. The van der Waals surface area contributed by atoms with E-state index in [-0.39, 0.29) is 12.6 Å². The number of nitrogens with one attached hydrogen (secondary N) is 1. The van der Waals surface area contributed by atoms with Gasteiger partial charge in [0.1, 0.15) is 5.82 Å². The summed E-state index contributed by atoms with van der Waals surface area (Å²) >= 11 is 0. The largest absolute Gasteiger partial charge is 0.394 e. The lowest BCUT2D eigenvalue weighted by molar-refractivity contribution is 0.153. The minimum absolute atomic E-state index is 0.00482. The Hall–Kier alpha value is -1.40. The molecule has 0 bridgehead atoms. The van der Waals surface area contributed by atoms with Gasteiger partial charge in [0.15, 0.2) is 0 Å². The molecular formula is C10H18N4O2. The minimum Gasteiger partial charge on any atom is -0.394 e. The molecule has 0 aliphatic carbocycles. The SMILES string of the molecule is COCC(CO)Nc1ccnc(N(C)C)n1. The molecule has 0 radical (unpaired) electrons. The molecule has 1 unspecified atom stereocenters. The lowest BCUT2D eigenvalue weighted by Crippen LogP contribution is -2.29. The number of rotatable bonds is 6. The molecule has 1 aromatic rings. The van der Waals surface area contributed by atoms with Gasteiger partial charge in [-0.15, -0.1) is 0 Å². The molecule has 0 spiro atoms. The Bertz CT molecular complexity index is 319. The van der Waals surface area contributed by atoms with Gasteiger partial charge in [0.2, 0.25) is 5.95 Å². The van der Waals surface area contributed by atoms with Crippen LogP contribution in [-0.2, 0) is 4.74 Å². The van der Waals surface area contributed by atoms with E-state index >= 15 is 0 Å². The maximum absolute atomic E-state index is 9.10. The zero-order valence-corrected chi connectivity index (χ0v) is 9.84. The van der Waals surface area contributed by atoms with Crippen LogP contribution in [0.15, 0.2) is 12.3 Å². The second-order valence-electron chi connectivity index (χ2n) is 3.62. The van der Waals surface area contributed by atoms with E-state index in [1.165, 1.54) is 0 Å². The maximum Gasteiger partial charge on any atom is 0.226 e. The number of hydrogen-bond donors (Lipinski definition) is 2. The highest BCUT2D eigenvalue weighted by molar-refractivity contribution is 5.41. The van der Waals surface area contributed by atoms with Crippen LogP contribution < -0.4 is 10.2 Å². The molecular weight excluding hydrogens is 208 g/mol. The molecule has 0 aliphatic rings. The zero-order valence-electron chi connectivity index (χ0n) is 9.84. The average Bonchev–Trinajstić information content (AvgIpc) is 2.29. The van der Waals surface area contributed by atoms with Crippen molar-refractivity contribution in [3.63, 3.8) is 0 Å². The normalized spacial score (nSPS) is 12.2. The summed E-state index contributed by atoms with van der Waals surface area (Å²) in [5, 5.41) is 12.2. The fourth-order valence-electron chi connectivity index (χ4n) is 1.19. The minimum atomic E-state index is -0.157. The molecule has 0 saturated carbocycles. The molecule has 1 heterocycles. The number of methoxy groups -OCH3 is 1. The third-order valence-corrected chi connectivity index (χ3v) is 1.98. The summed E-state index contributed by atoms with van der Waals surface area (Å²) in [5.74, 6) is 1.30. The highest BCUT2D eigenvalue weighted by Crippen LogP contribution is 2.09. The summed E-state index contributed by atoms with van der Waals surface area (Å²) in [6.45, 7) is 0.424.